The molecule has 0 spiro atoms. The Hall–Kier alpha value is -2.01. The van der Waals surface area contributed by atoms with Crippen molar-refractivity contribution in [1.82, 2.24) is 4.57 Å². The second-order valence-electron chi connectivity index (χ2n) is 3.20. The molecule has 0 amide bonds. The minimum Gasteiger partial charge on any atom is -0.349 e. The average Bonchev–Trinajstić information content (AvgIpc) is 2.61. The van der Waals surface area contributed by atoms with E-state index in [1.165, 1.54) is 0 Å². The van der Waals surface area contributed by atoms with E-state index in [1.807, 2.05) is 54.2 Å². The van der Waals surface area contributed by atoms with Gasteiger partial charge in [0.05, 0.1) is 5.56 Å². The lowest BCUT2D eigenvalue weighted by molar-refractivity contribution is 0.936. The first-order valence-electron chi connectivity index (χ1n) is 4.43. The van der Waals surface area contributed by atoms with Crippen molar-refractivity contribution in [2.24, 2.45) is 7.05 Å². The van der Waals surface area contributed by atoms with Gasteiger partial charge in [-0.1, -0.05) is 30.3 Å². The van der Waals surface area contributed by atoms with Crippen molar-refractivity contribution in [1.29, 1.82) is 5.26 Å². The first-order valence-corrected chi connectivity index (χ1v) is 4.43. The fourth-order valence-corrected chi connectivity index (χ4v) is 1.52. The van der Waals surface area contributed by atoms with E-state index < -0.39 is 0 Å². The first kappa shape index (κ1) is 8.58. The predicted molar refractivity (Wildman–Crippen MR) is 55.6 cm³/mol. The van der Waals surface area contributed by atoms with Gasteiger partial charge in [-0.2, -0.15) is 5.26 Å². The van der Waals surface area contributed by atoms with E-state index in [4.69, 9.17) is 5.26 Å². The van der Waals surface area contributed by atoms with E-state index in [9.17, 15) is 0 Å². The zero-order valence-corrected chi connectivity index (χ0v) is 7.94. The molecule has 0 aliphatic carbocycles. The number of nitrogens with zero attached hydrogens (tertiary/aromatic N) is 2. The van der Waals surface area contributed by atoms with Crippen LogP contribution in [0.1, 0.15) is 5.56 Å². The quantitative estimate of drug-likeness (QED) is 0.666. The summed E-state index contributed by atoms with van der Waals surface area (Å²) >= 11 is 0. The molecule has 1 aromatic carbocycles. The molecule has 0 aliphatic heterocycles. The van der Waals surface area contributed by atoms with E-state index >= 15 is 0 Å². The van der Waals surface area contributed by atoms with Gasteiger partial charge in [0, 0.05) is 18.9 Å². The summed E-state index contributed by atoms with van der Waals surface area (Å²) in [7, 11) is 1.95. The number of rotatable bonds is 1. The van der Waals surface area contributed by atoms with Crippen molar-refractivity contribution >= 4 is 0 Å². The van der Waals surface area contributed by atoms with Crippen molar-refractivity contribution < 1.29 is 0 Å². The second-order valence-corrected chi connectivity index (χ2v) is 3.20. The molecule has 0 fully saturated rings. The summed E-state index contributed by atoms with van der Waals surface area (Å²) in [5.41, 5.74) is 2.91. The monoisotopic (exact) mass is 182 g/mol. The molecule has 0 N–H and O–H groups in total. The summed E-state index contributed by atoms with van der Waals surface area (Å²) in [5, 5.41) is 8.76. The summed E-state index contributed by atoms with van der Waals surface area (Å²) in [6, 6.07) is 14.1. The molecule has 0 unspecified atom stereocenters. The van der Waals surface area contributed by atoms with Crippen LogP contribution in [0.4, 0.5) is 0 Å². The van der Waals surface area contributed by atoms with Gasteiger partial charge in [-0.05, 0) is 11.6 Å². The van der Waals surface area contributed by atoms with E-state index in [1.54, 1.807) is 0 Å². The Kier molecular flexibility index (Phi) is 2.08. The number of hydrogen-bond donors (Lipinski definition) is 0. The molecule has 0 radical (unpaired) electrons. The Morgan fingerprint density at radius 3 is 2.50 bits per heavy atom. The summed E-state index contributed by atoms with van der Waals surface area (Å²) in [6.45, 7) is 0. The van der Waals surface area contributed by atoms with Crippen LogP contribution in [0.15, 0.2) is 42.6 Å². The van der Waals surface area contributed by atoms with Crippen molar-refractivity contribution in [2.45, 2.75) is 0 Å². The third-order valence-corrected chi connectivity index (χ3v) is 2.20. The summed E-state index contributed by atoms with van der Waals surface area (Å²) in [4.78, 5) is 0. The smallest absolute Gasteiger partial charge is 0.101 e. The molecule has 2 heteroatoms. The molecule has 1 heterocycles. The van der Waals surface area contributed by atoms with Crippen LogP contribution in [0.3, 0.4) is 0 Å². The molecule has 68 valence electrons. The van der Waals surface area contributed by atoms with Crippen LogP contribution in [-0.4, -0.2) is 4.57 Å². The van der Waals surface area contributed by atoms with Gasteiger partial charge >= 0.3 is 0 Å². The topological polar surface area (TPSA) is 28.7 Å². The maximum Gasteiger partial charge on any atom is 0.101 e. The molecule has 0 aliphatic rings. The van der Waals surface area contributed by atoms with Gasteiger partial charge in [0.2, 0.25) is 0 Å². The van der Waals surface area contributed by atoms with Gasteiger partial charge in [-0.25, -0.2) is 0 Å². The highest BCUT2D eigenvalue weighted by atomic mass is 14.9. The minimum absolute atomic E-state index is 0.700. The fourth-order valence-electron chi connectivity index (χ4n) is 1.52. The summed E-state index contributed by atoms with van der Waals surface area (Å²) in [5.74, 6) is 0. The highest BCUT2D eigenvalue weighted by Gasteiger charge is 2.03. The minimum atomic E-state index is 0.700. The fraction of sp³-hybridized carbons (Fsp3) is 0.0833. The van der Waals surface area contributed by atoms with Crippen LogP contribution in [0.25, 0.3) is 11.3 Å². The molecule has 2 nitrogen and oxygen atoms in total. The van der Waals surface area contributed by atoms with E-state index in [0.29, 0.717) is 5.56 Å². The highest BCUT2D eigenvalue weighted by molar-refractivity contribution is 5.62. The lowest BCUT2D eigenvalue weighted by Gasteiger charge is -2.01. The number of benzene rings is 1. The van der Waals surface area contributed by atoms with Crippen LogP contribution in [0.2, 0.25) is 0 Å². The SMILES string of the molecule is Cn1cc(C#N)cc1-c1ccccc1. The van der Waals surface area contributed by atoms with Crippen LogP contribution < -0.4 is 0 Å². The van der Waals surface area contributed by atoms with Gasteiger partial charge in [0.1, 0.15) is 6.07 Å². The lowest BCUT2D eigenvalue weighted by Crippen LogP contribution is -1.87. The molecular weight excluding hydrogens is 172 g/mol. The van der Waals surface area contributed by atoms with E-state index in [-0.39, 0.29) is 0 Å². The molecule has 1 aromatic heterocycles. The maximum atomic E-state index is 8.76. The van der Waals surface area contributed by atoms with Crippen molar-refractivity contribution in [2.75, 3.05) is 0 Å². The Morgan fingerprint density at radius 2 is 1.93 bits per heavy atom. The Labute approximate surface area is 83.0 Å². The molecule has 0 bridgehead atoms. The van der Waals surface area contributed by atoms with Gasteiger partial charge in [-0.3, -0.25) is 0 Å². The standard InChI is InChI=1S/C12H10N2/c1-14-9-10(8-13)7-12(14)11-5-3-2-4-6-11/h2-7,9H,1H3. The Morgan fingerprint density at radius 1 is 1.21 bits per heavy atom. The zero-order valence-electron chi connectivity index (χ0n) is 7.94. The normalized spacial score (nSPS) is 9.71. The van der Waals surface area contributed by atoms with Crippen LogP contribution in [0.5, 0.6) is 0 Å². The van der Waals surface area contributed by atoms with Crippen LogP contribution in [0, 0.1) is 11.3 Å². The lowest BCUT2D eigenvalue weighted by atomic mass is 10.1. The number of hydrogen-bond acceptors (Lipinski definition) is 1. The van der Waals surface area contributed by atoms with Gasteiger partial charge in [0.25, 0.3) is 0 Å². The summed E-state index contributed by atoms with van der Waals surface area (Å²) < 4.78 is 1.97. The van der Waals surface area contributed by atoms with Gasteiger partial charge in [-0.15, -0.1) is 0 Å². The molecule has 2 aromatic rings. The number of aromatic nitrogens is 1. The van der Waals surface area contributed by atoms with Crippen molar-refractivity contribution in [3.8, 4) is 17.3 Å². The third-order valence-electron chi connectivity index (χ3n) is 2.20. The molecule has 0 atom stereocenters. The largest absolute Gasteiger partial charge is 0.349 e. The summed E-state index contributed by atoms with van der Waals surface area (Å²) in [6.07, 6.45) is 1.84. The van der Waals surface area contributed by atoms with Gasteiger partial charge < -0.3 is 4.57 Å². The molecule has 14 heavy (non-hydrogen) atoms. The molecule has 0 saturated heterocycles. The zero-order chi connectivity index (χ0) is 9.97. The van der Waals surface area contributed by atoms with E-state index in [0.717, 1.165) is 11.3 Å². The molecule has 2 rings (SSSR count). The number of nitriles is 1. The van der Waals surface area contributed by atoms with Crippen LogP contribution in [-0.2, 0) is 7.05 Å². The Bertz CT molecular complexity index is 475. The number of aryl methyl sites for hydroxylation is 1. The predicted octanol–water partition coefficient (Wildman–Crippen LogP) is 2.56. The van der Waals surface area contributed by atoms with Crippen LogP contribution >= 0.6 is 0 Å². The molecular formula is C12H10N2. The van der Waals surface area contributed by atoms with Crippen molar-refractivity contribution in [3.63, 3.8) is 0 Å². The molecule has 0 saturated carbocycles. The Balaban J connectivity index is 2.53. The van der Waals surface area contributed by atoms with Crippen molar-refractivity contribution in [3.05, 3.63) is 48.2 Å². The second kappa shape index (κ2) is 3.39. The van der Waals surface area contributed by atoms with Gasteiger partial charge in [0.15, 0.2) is 0 Å². The third kappa shape index (κ3) is 1.40. The average molecular weight is 182 g/mol. The maximum absolute atomic E-state index is 8.76. The van der Waals surface area contributed by atoms with E-state index in [2.05, 4.69) is 6.07 Å². The highest BCUT2D eigenvalue weighted by Crippen LogP contribution is 2.20. The first-order chi connectivity index (χ1) is 6.81.